The molecule has 0 saturated heterocycles. The van der Waals surface area contributed by atoms with E-state index in [2.05, 4.69) is 15.0 Å². The summed E-state index contributed by atoms with van der Waals surface area (Å²) >= 11 is 0. The van der Waals surface area contributed by atoms with E-state index in [1.165, 1.54) is 31.7 Å². The Labute approximate surface area is 135 Å². The van der Waals surface area contributed by atoms with Crippen LogP contribution >= 0.6 is 0 Å². The highest BCUT2D eigenvalue weighted by Gasteiger charge is 2.24. The Bertz CT molecular complexity index is 625. The summed E-state index contributed by atoms with van der Waals surface area (Å²) in [5.41, 5.74) is 6.54. The van der Waals surface area contributed by atoms with Gasteiger partial charge in [-0.1, -0.05) is 30.1 Å². The third-order valence-corrected chi connectivity index (χ3v) is 4.45. The van der Waals surface area contributed by atoms with Crippen LogP contribution in [-0.2, 0) is 19.5 Å². The van der Waals surface area contributed by atoms with Gasteiger partial charge >= 0.3 is 0 Å². The molecule has 0 atom stereocenters. The van der Waals surface area contributed by atoms with Crippen LogP contribution in [0.25, 0.3) is 0 Å². The number of halogens is 1. The van der Waals surface area contributed by atoms with Gasteiger partial charge in [0, 0.05) is 12.6 Å². The highest BCUT2D eigenvalue weighted by atomic mass is 19.1. The molecule has 1 fully saturated rings. The molecule has 0 spiro atoms. The maximum atomic E-state index is 13.3. The molecule has 1 aromatic carbocycles. The average Bonchev–Trinajstić information content (AvgIpc) is 3.23. The van der Waals surface area contributed by atoms with Gasteiger partial charge in [0.2, 0.25) is 5.89 Å². The lowest BCUT2D eigenvalue weighted by molar-refractivity contribution is 0.185. The molecule has 23 heavy (non-hydrogen) atoms. The lowest BCUT2D eigenvalue weighted by atomic mass is 10.1. The molecule has 3 rings (SSSR count). The van der Waals surface area contributed by atoms with Gasteiger partial charge in [0.25, 0.3) is 0 Å². The SMILES string of the molecule is NCc1nc(CN(CCc2cccc(F)c2)C2CCCC2)no1. The quantitative estimate of drug-likeness (QED) is 0.850. The largest absolute Gasteiger partial charge is 0.338 e. The fourth-order valence-electron chi connectivity index (χ4n) is 3.24. The zero-order valence-electron chi connectivity index (χ0n) is 13.2. The van der Waals surface area contributed by atoms with Gasteiger partial charge in [0.1, 0.15) is 5.82 Å². The van der Waals surface area contributed by atoms with Crippen molar-refractivity contribution in [3.8, 4) is 0 Å². The number of hydrogen-bond acceptors (Lipinski definition) is 5. The molecule has 0 unspecified atom stereocenters. The Hall–Kier alpha value is -1.79. The van der Waals surface area contributed by atoms with Crippen LogP contribution in [0, 0.1) is 5.82 Å². The molecule has 1 aromatic heterocycles. The molecular weight excluding hydrogens is 295 g/mol. The minimum atomic E-state index is -0.180. The van der Waals surface area contributed by atoms with Crippen molar-refractivity contribution in [3.05, 3.63) is 47.4 Å². The van der Waals surface area contributed by atoms with Crippen LogP contribution in [0.3, 0.4) is 0 Å². The molecule has 1 saturated carbocycles. The van der Waals surface area contributed by atoms with Crippen molar-refractivity contribution in [2.24, 2.45) is 5.73 Å². The van der Waals surface area contributed by atoms with Gasteiger partial charge in [-0.05, 0) is 37.0 Å². The maximum absolute atomic E-state index is 13.3. The average molecular weight is 318 g/mol. The van der Waals surface area contributed by atoms with Crippen LogP contribution in [-0.4, -0.2) is 27.6 Å². The van der Waals surface area contributed by atoms with Gasteiger partial charge in [0.05, 0.1) is 13.1 Å². The Morgan fingerprint density at radius 1 is 1.30 bits per heavy atom. The van der Waals surface area contributed by atoms with Gasteiger partial charge in [-0.2, -0.15) is 4.98 Å². The molecule has 6 heteroatoms. The molecule has 2 N–H and O–H groups in total. The van der Waals surface area contributed by atoms with Crippen LogP contribution in [0.1, 0.15) is 43.0 Å². The summed E-state index contributed by atoms with van der Waals surface area (Å²) in [6, 6.07) is 7.36. The van der Waals surface area contributed by atoms with Crippen molar-refractivity contribution >= 4 is 0 Å². The standard InChI is InChI=1S/C17H23FN4O/c18-14-5-3-4-13(10-14)8-9-22(15-6-1-2-7-15)12-16-20-17(11-19)23-21-16/h3-5,10,15H,1-2,6-9,11-12,19H2. The van der Waals surface area contributed by atoms with E-state index in [1.807, 2.05) is 6.07 Å². The van der Waals surface area contributed by atoms with Gasteiger partial charge < -0.3 is 10.3 Å². The predicted octanol–water partition coefficient (Wildman–Crippen LogP) is 2.65. The van der Waals surface area contributed by atoms with Gasteiger partial charge in [-0.15, -0.1) is 0 Å². The molecule has 0 aliphatic heterocycles. The number of hydrogen-bond donors (Lipinski definition) is 1. The van der Waals surface area contributed by atoms with Crippen LogP contribution in [0.4, 0.5) is 4.39 Å². The van der Waals surface area contributed by atoms with Crippen LogP contribution in [0.2, 0.25) is 0 Å². The smallest absolute Gasteiger partial charge is 0.240 e. The second-order valence-corrected chi connectivity index (χ2v) is 6.10. The molecule has 0 radical (unpaired) electrons. The molecule has 124 valence electrons. The zero-order valence-corrected chi connectivity index (χ0v) is 13.2. The van der Waals surface area contributed by atoms with E-state index >= 15 is 0 Å². The number of benzene rings is 1. The van der Waals surface area contributed by atoms with Crippen molar-refractivity contribution in [2.45, 2.75) is 51.2 Å². The first-order valence-corrected chi connectivity index (χ1v) is 8.24. The van der Waals surface area contributed by atoms with Crippen molar-refractivity contribution in [3.63, 3.8) is 0 Å². The topological polar surface area (TPSA) is 68.2 Å². The van der Waals surface area contributed by atoms with E-state index in [-0.39, 0.29) is 12.4 Å². The number of nitrogens with two attached hydrogens (primary N) is 1. The number of nitrogens with zero attached hydrogens (tertiary/aromatic N) is 3. The minimum absolute atomic E-state index is 0.180. The summed E-state index contributed by atoms with van der Waals surface area (Å²) in [6.45, 7) is 1.78. The normalized spacial score (nSPS) is 15.6. The highest BCUT2D eigenvalue weighted by Crippen LogP contribution is 2.25. The van der Waals surface area contributed by atoms with Crippen molar-refractivity contribution < 1.29 is 8.91 Å². The third kappa shape index (κ3) is 4.36. The molecule has 5 nitrogen and oxygen atoms in total. The zero-order chi connectivity index (χ0) is 16.1. The molecule has 1 aliphatic rings. The van der Waals surface area contributed by atoms with E-state index < -0.39 is 0 Å². The number of rotatable bonds is 7. The van der Waals surface area contributed by atoms with Gasteiger partial charge in [0.15, 0.2) is 5.82 Å². The van der Waals surface area contributed by atoms with Crippen molar-refractivity contribution in [2.75, 3.05) is 6.54 Å². The van der Waals surface area contributed by atoms with Gasteiger partial charge in [-0.25, -0.2) is 4.39 Å². The maximum Gasteiger partial charge on any atom is 0.240 e. The van der Waals surface area contributed by atoms with Crippen molar-refractivity contribution in [1.29, 1.82) is 0 Å². The van der Waals surface area contributed by atoms with E-state index in [0.29, 0.717) is 24.3 Å². The molecule has 1 aliphatic carbocycles. The van der Waals surface area contributed by atoms with E-state index in [9.17, 15) is 4.39 Å². The summed E-state index contributed by atoms with van der Waals surface area (Å²) in [5, 5.41) is 4.00. The fraction of sp³-hybridized carbons (Fsp3) is 0.529. The lowest BCUT2D eigenvalue weighted by Crippen LogP contribution is -2.35. The Morgan fingerprint density at radius 2 is 2.13 bits per heavy atom. The minimum Gasteiger partial charge on any atom is -0.338 e. The summed E-state index contributed by atoms with van der Waals surface area (Å²) in [6.07, 6.45) is 5.74. The lowest BCUT2D eigenvalue weighted by Gasteiger charge is -2.27. The Kier molecular flexibility index (Phi) is 5.35. The molecule has 2 aromatic rings. The third-order valence-electron chi connectivity index (χ3n) is 4.45. The number of aromatic nitrogens is 2. The van der Waals surface area contributed by atoms with Crippen LogP contribution in [0.15, 0.2) is 28.8 Å². The second kappa shape index (κ2) is 7.66. The monoisotopic (exact) mass is 318 g/mol. The van der Waals surface area contributed by atoms with Crippen LogP contribution < -0.4 is 5.73 Å². The molecule has 0 amide bonds. The molecule has 1 heterocycles. The van der Waals surface area contributed by atoms with E-state index in [0.717, 1.165) is 18.5 Å². The first kappa shape index (κ1) is 16.1. The predicted molar refractivity (Wildman–Crippen MR) is 85.0 cm³/mol. The van der Waals surface area contributed by atoms with E-state index in [4.69, 9.17) is 10.3 Å². The summed E-state index contributed by atoms with van der Waals surface area (Å²) in [5.74, 6) is 0.966. The summed E-state index contributed by atoms with van der Waals surface area (Å²) in [4.78, 5) is 6.70. The summed E-state index contributed by atoms with van der Waals surface area (Å²) in [7, 11) is 0. The molecular formula is C17H23FN4O. The van der Waals surface area contributed by atoms with Crippen molar-refractivity contribution in [1.82, 2.24) is 15.0 Å². The van der Waals surface area contributed by atoms with Gasteiger partial charge in [-0.3, -0.25) is 4.90 Å². The first-order chi connectivity index (χ1) is 11.2. The highest BCUT2D eigenvalue weighted by molar-refractivity contribution is 5.16. The Morgan fingerprint density at radius 3 is 2.83 bits per heavy atom. The van der Waals surface area contributed by atoms with E-state index in [1.54, 1.807) is 12.1 Å². The first-order valence-electron chi connectivity index (χ1n) is 8.24. The second-order valence-electron chi connectivity index (χ2n) is 6.10. The van der Waals surface area contributed by atoms with Crippen LogP contribution in [0.5, 0.6) is 0 Å². The molecule has 0 bridgehead atoms. The Balaban J connectivity index is 1.65. The summed E-state index contributed by atoms with van der Waals surface area (Å²) < 4.78 is 18.4. The fourth-order valence-corrected chi connectivity index (χ4v) is 3.24.